The Morgan fingerprint density at radius 3 is 0.914 bits per heavy atom. The Hall–Kier alpha value is -6.64. The Bertz CT molecular complexity index is 3140. The lowest BCUT2D eigenvalue weighted by Crippen LogP contribution is -2.29. The highest BCUT2D eigenvalue weighted by molar-refractivity contribution is 5.88. The van der Waals surface area contributed by atoms with Gasteiger partial charge in [0, 0.05) is 22.7 Å². The molecule has 1 aliphatic carbocycles. The maximum Gasteiger partial charge on any atom is 0.0713 e. The van der Waals surface area contributed by atoms with Gasteiger partial charge in [-0.2, -0.15) is 0 Å². The van der Waals surface area contributed by atoms with Gasteiger partial charge < -0.3 is 9.80 Å². The smallest absolute Gasteiger partial charge is 0.0713 e. The van der Waals surface area contributed by atoms with E-state index in [0.717, 1.165) is 22.7 Å². The van der Waals surface area contributed by atoms with Crippen molar-refractivity contribution in [2.24, 2.45) is 0 Å². The molecule has 0 spiro atoms. The standard InChI is InChI=1S/C68H74N2/c1-43-17-21-51(22-18-43)68(61-37-44(2)19-35-59(61)60-36-20-45(3)38-62(60)68)52-25-29-56(30-26-52)70(64-48(6)41-54(42-49(64)7)67(14,15)16)58-33-31-57(32-34-58)69(55-27-23-50(24-28-55)65(8,9)10)63-46(4)39-53(40-47(63)5)66(11,12)13/h17-42H,1-16H3. The Morgan fingerprint density at radius 2 is 0.586 bits per heavy atom. The normalized spacial score (nSPS) is 13.3. The van der Waals surface area contributed by atoms with Crippen LogP contribution in [-0.2, 0) is 21.7 Å². The average Bonchev–Trinajstić information content (AvgIpc) is 3.57. The van der Waals surface area contributed by atoms with Crippen LogP contribution in [0.4, 0.5) is 34.1 Å². The van der Waals surface area contributed by atoms with Gasteiger partial charge in [-0.25, -0.2) is 0 Å². The monoisotopic (exact) mass is 919 g/mol. The summed E-state index contributed by atoms with van der Waals surface area (Å²) < 4.78 is 0. The van der Waals surface area contributed by atoms with E-state index in [1.165, 1.54) is 100 Å². The third kappa shape index (κ3) is 8.59. The first-order chi connectivity index (χ1) is 33.0. The summed E-state index contributed by atoms with van der Waals surface area (Å²) in [7, 11) is 0. The Kier molecular flexibility index (Phi) is 12.2. The molecule has 2 heteroatoms. The number of hydrogen-bond acceptors (Lipinski definition) is 2. The van der Waals surface area contributed by atoms with Crippen molar-refractivity contribution < 1.29 is 0 Å². The van der Waals surface area contributed by atoms with Gasteiger partial charge in [0.15, 0.2) is 0 Å². The van der Waals surface area contributed by atoms with Gasteiger partial charge in [0.2, 0.25) is 0 Å². The SMILES string of the molecule is Cc1ccc(C2(c3ccc(N(c4ccc(N(c5ccc(C(C)(C)C)cc5)c5c(C)cc(C(C)(C)C)cc5C)cc4)c4c(C)cc(C(C)(C)C)cc4C)cc3)c3cc(C)ccc3-c3ccc(C)cc32)cc1. The van der Waals surface area contributed by atoms with E-state index in [9.17, 15) is 0 Å². The molecule has 8 aromatic rings. The van der Waals surface area contributed by atoms with Crippen LogP contribution < -0.4 is 9.80 Å². The molecule has 0 aliphatic heterocycles. The second-order valence-electron chi connectivity index (χ2n) is 23.7. The molecule has 70 heavy (non-hydrogen) atoms. The molecule has 9 rings (SSSR count). The van der Waals surface area contributed by atoms with Crippen molar-refractivity contribution >= 4 is 34.1 Å². The van der Waals surface area contributed by atoms with Gasteiger partial charge in [-0.1, -0.05) is 188 Å². The van der Waals surface area contributed by atoms with Crippen LogP contribution >= 0.6 is 0 Å². The molecule has 2 nitrogen and oxygen atoms in total. The van der Waals surface area contributed by atoms with Crippen LogP contribution in [0.3, 0.4) is 0 Å². The first-order valence-electron chi connectivity index (χ1n) is 25.4. The predicted molar refractivity (Wildman–Crippen MR) is 302 cm³/mol. The molecular weight excluding hydrogens is 845 g/mol. The largest absolute Gasteiger partial charge is 0.310 e. The van der Waals surface area contributed by atoms with E-state index < -0.39 is 5.41 Å². The minimum Gasteiger partial charge on any atom is -0.310 e. The van der Waals surface area contributed by atoms with Gasteiger partial charge in [0.25, 0.3) is 0 Å². The molecule has 0 saturated heterocycles. The lowest BCUT2D eigenvalue weighted by Gasteiger charge is -2.35. The quantitative estimate of drug-likeness (QED) is 0.150. The van der Waals surface area contributed by atoms with Crippen molar-refractivity contribution in [3.8, 4) is 11.1 Å². The van der Waals surface area contributed by atoms with E-state index in [4.69, 9.17) is 0 Å². The van der Waals surface area contributed by atoms with Crippen LogP contribution in [0.1, 0.15) is 140 Å². The summed E-state index contributed by atoms with van der Waals surface area (Å²) in [6.45, 7) is 36.4. The first kappa shape index (κ1) is 48.4. The van der Waals surface area contributed by atoms with Gasteiger partial charge in [-0.15, -0.1) is 0 Å². The van der Waals surface area contributed by atoms with Crippen LogP contribution in [-0.4, -0.2) is 0 Å². The van der Waals surface area contributed by atoms with E-state index in [-0.39, 0.29) is 16.2 Å². The second-order valence-corrected chi connectivity index (χ2v) is 23.7. The molecular formula is C68H74N2. The van der Waals surface area contributed by atoms with Crippen LogP contribution in [0.2, 0.25) is 0 Å². The fourth-order valence-corrected chi connectivity index (χ4v) is 11.2. The van der Waals surface area contributed by atoms with Crippen molar-refractivity contribution in [2.75, 3.05) is 9.80 Å². The molecule has 0 aromatic heterocycles. The highest BCUT2D eigenvalue weighted by Crippen LogP contribution is 2.57. The molecule has 0 saturated carbocycles. The maximum atomic E-state index is 2.49. The van der Waals surface area contributed by atoms with Gasteiger partial charge in [-0.05, 0) is 186 Å². The zero-order chi connectivity index (χ0) is 50.2. The molecule has 0 amide bonds. The van der Waals surface area contributed by atoms with Crippen LogP contribution in [0, 0.1) is 48.5 Å². The highest BCUT2D eigenvalue weighted by Gasteiger charge is 2.46. The van der Waals surface area contributed by atoms with Crippen molar-refractivity contribution in [3.63, 3.8) is 0 Å². The summed E-state index contributed by atoms with van der Waals surface area (Å²) in [6.07, 6.45) is 0. The average molecular weight is 919 g/mol. The Balaban J connectivity index is 1.23. The molecule has 0 heterocycles. The number of fused-ring (bicyclic) bond motifs is 3. The molecule has 0 bridgehead atoms. The Labute approximate surface area is 421 Å². The van der Waals surface area contributed by atoms with E-state index in [1.807, 2.05) is 0 Å². The van der Waals surface area contributed by atoms with Gasteiger partial charge in [0.05, 0.1) is 16.8 Å². The summed E-state index contributed by atoms with van der Waals surface area (Å²) in [5.41, 5.74) is 27.3. The number of anilines is 6. The predicted octanol–water partition coefficient (Wildman–Crippen LogP) is 19.0. The van der Waals surface area contributed by atoms with E-state index in [2.05, 4.69) is 278 Å². The van der Waals surface area contributed by atoms with E-state index in [1.54, 1.807) is 0 Å². The van der Waals surface area contributed by atoms with Crippen LogP contribution in [0.15, 0.2) is 158 Å². The summed E-state index contributed by atoms with van der Waals surface area (Å²) in [5.74, 6) is 0. The number of nitrogens with zero attached hydrogens (tertiary/aromatic N) is 2. The van der Waals surface area contributed by atoms with Crippen molar-refractivity contribution in [1.82, 2.24) is 0 Å². The summed E-state index contributed by atoms with van der Waals surface area (Å²) in [6, 6.07) is 61.0. The number of aryl methyl sites for hydroxylation is 7. The lowest BCUT2D eigenvalue weighted by atomic mass is 9.67. The van der Waals surface area contributed by atoms with Gasteiger partial charge in [-0.3, -0.25) is 0 Å². The lowest BCUT2D eigenvalue weighted by molar-refractivity contribution is 0.589. The molecule has 1 aliphatic rings. The minimum atomic E-state index is -0.489. The minimum absolute atomic E-state index is 0.0208. The highest BCUT2D eigenvalue weighted by atomic mass is 15.2. The third-order valence-electron chi connectivity index (χ3n) is 15.0. The molecule has 356 valence electrons. The van der Waals surface area contributed by atoms with Gasteiger partial charge >= 0.3 is 0 Å². The molecule has 0 N–H and O–H groups in total. The molecule has 0 fully saturated rings. The number of hydrogen-bond donors (Lipinski definition) is 0. The van der Waals surface area contributed by atoms with Crippen molar-refractivity contribution in [1.29, 1.82) is 0 Å². The van der Waals surface area contributed by atoms with E-state index >= 15 is 0 Å². The fourth-order valence-electron chi connectivity index (χ4n) is 11.2. The summed E-state index contributed by atoms with van der Waals surface area (Å²) in [5, 5.41) is 0. The second kappa shape index (κ2) is 17.6. The maximum absolute atomic E-state index is 2.49. The van der Waals surface area contributed by atoms with Crippen LogP contribution in [0.5, 0.6) is 0 Å². The van der Waals surface area contributed by atoms with Crippen LogP contribution in [0.25, 0.3) is 11.1 Å². The molecule has 0 radical (unpaired) electrons. The summed E-state index contributed by atoms with van der Waals surface area (Å²) in [4.78, 5) is 4.96. The van der Waals surface area contributed by atoms with E-state index in [0.29, 0.717) is 0 Å². The fraction of sp³-hybridized carbons (Fsp3) is 0.294. The number of benzene rings is 8. The van der Waals surface area contributed by atoms with Crippen molar-refractivity contribution in [2.45, 2.75) is 132 Å². The Morgan fingerprint density at radius 1 is 0.300 bits per heavy atom. The third-order valence-corrected chi connectivity index (χ3v) is 15.0. The van der Waals surface area contributed by atoms with Crippen molar-refractivity contribution in [3.05, 3.63) is 236 Å². The zero-order valence-corrected chi connectivity index (χ0v) is 44.9. The van der Waals surface area contributed by atoms with Gasteiger partial charge in [0.1, 0.15) is 0 Å². The molecule has 0 atom stereocenters. The number of rotatable bonds is 8. The summed E-state index contributed by atoms with van der Waals surface area (Å²) >= 11 is 0. The molecule has 8 aromatic carbocycles. The molecule has 0 unspecified atom stereocenters. The first-order valence-corrected chi connectivity index (χ1v) is 25.4. The zero-order valence-electron chi connectivity index (χ0n) is 44.9. The topological polar surface area (TPSA) is 6.48 Å².